The Morgan fingerprint density at radius 2 is 1.80 bits per heavy atom. The molecule has 1 atom stereocenters. The van der Waals surface area contributed by atoms with Gasteiger partial charge in [-0.25, -0.2) is 0 Å². The molecule has 0 aliphatic heterocycles. The summed E-state index contributed by atoms with van der Waals surface area (Å²) in [4.78, 5) is 14.2. The van der Waals surface area contributed by atoms with E-state index in [1.54, 1.807) is 6.92 Å². The number of ether oxygens (including phenoxy) is 1. The highest BCUT2D eigenvalue weighted by molar-refractivity contribution is 6.07. The van der Waals surface area contributed by atoms with Gasteiger partial charge in [-0.15, -0.1) is 0 Å². The number of aromatic amines is 1. The Kier molecular flexibility index (Phi) is 5.59. The summed E-state index contributed by atoms with van der Waals surface area (Å²) < 4.78 is 5.86. The molecule has 1 aromatic heterocycles. The van der Waals surface area contributed by atoms with Crippen molar-refractivity contribution in [2.24, 2.45) is 5.92 Å². The molecule has 0 spiro atoms. The van der Waals surface area contributed by atoms with E-state index >= 15 is 0 Å². The van der Waals surface area contributed by atoms with Gasteiger partial charge in [-0.3, -0.25) is 4.79 Å². The van der Waals surface area contributed by atoms with Crippen LogP contribution in [0.4, 0.5) is 0 Å². The third-order valence-electron chi connectivity index (χ3n) is 4.70. The average Bonchev–Trinajstić information content (AvgIpc) is 2.98. The van der Waals surface area contributed by atoms with E-state index in [2.05, 4.69) is 35.3 Å². The third kappa shape index (κ3) is 4.32. The fourth-order valence-corrected chi connectivity index (χ4v) is 3.14. The van der Waals surface area contributed by atoms with Crippen molar-refractivity contribution in [2.45, 2.75) is 39.0 Å². The molecule has 0 radical (unpaired) electrons. The number of hydrogen-bond acceptors (Lipinski definition) is 2. The van der Waals surface area contributed by atoms with Crippen molar-refractivity contribution in [3.8, 4) is 5.75 Å². The predicted molar refractivity (Wildman–Crippen MR) is 101 cm³/mol. The van der Waals surface area contributed by atoms with Gasteiger partial charge in [-0.2, -0.15) is 0 Å². The third-order valence-corrected chi connectivity index (χ3v) is 4.70. The SMILES string of the molecule is CC(CCCCCCOc1ccc2c(c1)[nH]c1ccccc12)C(=O)O. The van der Waals surface area contributed by atoms with E-state index in [4.69, 9.17) is 9.84 Å². The molecule has 4 heteroatoms. The van der Waals surface area contributed by atoms with Crippen LogP contribution in [0.25, 0.3) is 21.8 Å². The first-order valence-corrected chi connectivity index (χ1v) is 9.01. The molecule has 0 saturated heterocycles. The fraction of sp³-hybridized carbons (Fsp3) is 0.381. The Balaban J connectivity index is 1.44. The van der Waals surface area contributed by atoms with Crippen molar-refractivity contribution in [1.82, 2.24) is 4.98 Å². The Labute approximate surface area is 147 Å². The zero-order chi connectivity index (χ0) is 17.6. The standard InChI is InChI=1S/C21H25NO3/c1-15(21(23)24)8-4-2-3-7-13-25-16-11-12-18-17-9-5-6-10-19(17)22-20(18)14-16/h5-6,9-12,14-15,22H,2-4,7-8,13H2,1H3,(H,23,24). The molecule has 3 rings (SSSR count). The largest absolute Gasteiger partial charge is 0.494 e. The summed E-state index contributed by atoms with van der Waals surface area (Å²) in [7, 11) is 0. The lowest BCUT2D eigenvalue weighted by molar-refractivity contribution is -0.141. The van der Waals surface area contributed by atoms with Gasteiger partial charge in [0.15, 0.2) is 0 Å². The van der Waals surface area contributed by atoms with Crippen LogP contribution in [0, 0.1) is 5.92 Å². The molecule has 0 fully saturated rings. The second kappa shape index (κ2) is 8.06. The smallest absolute Gasteiger partial charge is 0.306 e. The number of benzene rings is 2. The van der Waals surface area contributed by atoms with E-state index in [1.807, 2.05) is 12.1 Å². The number of carboxylic acid groups (broad SMARTS) is 1. The van der Waals surface area contributed by atoms with Crippen LogP contribution >= 0.6 is 0 Å². The van der Waals surface area contributed by atoms with E-state index in [1.165, 1.54) is 10.8 Å². The summed E-state index contributed by atoms with van der Waals surface area (Å²) in [6, 6.07) is 14.5. The Morgan fingerprint density at radius 3 is 2.64 bits per heavy atom. The number of unbranched alkanes of at least 4 members (excludes halogenated alkanes) is 3. The second-order valence-corrected chi connectivity index (χ2v) is 6.67. The number of H-pyrrole nitrogens is 1. The number of nitrogens with one attached hydrogen (secondary N) is 1. The molecule has 2 N–H and O–H groups in total. The topological polar surface area (TPSA) is 62.3 Å². The van der Waals surface area contributed by atoms with Crippen molar-refractivity contribution in [1.29, 1.82) is 0 Å². The number of aromatic nitrogens is 1. The average molecular weight is 339 g/mol. The maximum atomic E-state index is 10.8. The van der Waals surface area contributed by atoms with Gasteiger partial charge in [0.1, 0.15) is 5.75 Å². The Hall–Kier alpha value is -2.49. The van der Waals surface area contributed by atoms with Gasteiger partial charge in [0, 0.05) is 22.4 Å². The minimum absolute atomic E-state index is 0.237. The Morgan fingerprint density at radius 1 is 1.04 bits per heavy atom. The molecule has 0 saturated carbocycles. The van der Waals surface area contributed by atoms with Crippen LogP contribution in [0.3, 0.4) is 0 Å². The highest BCUT2D eigenvalue weighted by Gasteiger charge is 2.09. The highest BCUT2D eigenvalue weighted by Crippen LogP contribution is 2.28. The molecule has 132 valence electrons. The fourth-order valence-electron chi connectivity index (χ4n) is 3.14. The molecule has 25 heavy (non-hydrogen) atoms. The van der Waals surface area contributed by atoms with E-state index in [0.29, 0.717) is 6.61 Å². The van der Waals surface area contributed by atoms with Crippen molar-refractivity contribution in [3.05, 3.63) is 42.5 Å². The van der Waals surface area contributed by atoms with Crippen LogP contribution in [-0.4, -0.2) is 22.7 Å². The maximum Gasteiger partial charge on any atom is 0.306 e. The molecule has 0 aliphatic rings. The minimum Gasteiger partial charge on any atom is -0.494 e. The molecule has 0 amide bonds. The maximum absolute atomic E-state index is 10.8. The number of rotatable bonds is 9. The highest BCUT2D eigenvalue weighted by atomic mass is 16.5. The van der Waals surface area contributed by atoms with E-state index < -0.39 is 5.97 Å². The van der Waals surface area contributed by atoms with Crippen molar-refractivity contribution in [3.63, 3.8) is 0 Å². The number of para-hydroxylation sites is 1. The van der Waals surface area contributed by atoms with Crippen LogP contribution in [0.1, 0.15) is 39.0 Å². The Bertz CT molecular complexity index is 853. The number of carboxylic acids is 1. The summed E-state index contributed by atoms with van der Waals surface area (Å²) in [6.07, 6.45) is 4.84. The van der Waals surface area contributed by atoms with Crippen LogP contribution in [0.5, 0.6) is 5.75 Å². The molecule has 4 nitrogen and oxygen atoms in total. The molecule has 2 aromatic carbocycles. The van der Waals surface area contributed by atoms with Gasteiger partial charge in [-0.1, -0.05) is 44.4 Å². The first-order valence-electron chi connectivity index (χ1n) is 9.01. The molecular weight excluding hydrogens is 314 g/mol. The van der Waals surface area contributed by atoms with Crippen molar-refractivity contribution < 1.29 is 14.6 Å². The van der Waals surface area contributed by atoms with E-state index in [9.17, 15) is 4.79 Å². The van der Waals surface area contributed by atoms with E-state index in [-0.39, 0.29) is 5.92 Å². The van der Waals surface area contributed by atoms with Crippen LogP contribution in [0.2, 0.25) is 0 Å². The first-order chi connectivity index (χ1) is 12.1. The van der Waals surface area contributed by atoms with Gasteiger partial charge in [0.25, 0.3) is 0 Å². The number of aliphatic carboxylic acids is 1. The number of fused-ring (bicyclic) bond motifs is 3. The predicted octanol–water partition coefficient (Wildman–Crippen LogP) is 5.37. The van der Waals surface area contributed by atoms with Gasteiger partial charge in [0.05, 0.1) is 18.0 Å². The van der Waals surface area contributed by atoms with Crippen molar-refractivity contribution >= 4 is 27.8 Å². The van der Waals surface area contributed by atoms with Crippen LogP contribution in [0.15, 0.2) is 42.5 Å². The molecular formula is C21H25NO3. The summed E-state index contributed by atoms with van der Waals surface area (Å²) >= 11 is 0. The van der Waals surface area contributed by atoms with Gasteiger partial charge >= 0.3 is 5.97 Å². The van der Waals surface area contributed by atoms with Crippen LogP contribution in [-0.2, 0) is 4.79 Å². The molecule has 0 bridgehead atoms. The monoisotopic (exact) mass is 339 g/mol. The summed E-state index contributed by atoms with van der Waals surface area (Å²) in [5.41, 5.74) is 2.24. The lowest BCUT2D eigenvalue weighted by Gasteiger charge is -2.07. The number of hydrogen-bond donors (Lipinski definition) is 2. The molecule has 3 aromatic rings. The quantitative estimate of drug-likeness (QED) is 0.515. The zero-order valence-corrected chi connectivity index (χ0v) is 14.6. The molecule has 0 aliphatic carbocycles. The number of carbonyl (C=O) groups is 1. The zero-order valence-electron chi connectivity index (χ0n) is 14.6. The van der Waals surface area contributed by atoms with E-state index in [0.717, 1.165) is 48.9 Å². The first kappa shape index (κ1) is 17.3. The van der Waals surface area contributed by atoms with Gasteiger partial charge < -0.3 is 14.8 Å². The molecule has 1 heterocycles. The summed E-state index contributed by atoms with van der Waals surface area (Å²) in [5.74, 6) is -0.0476. The van der Waals surface area contributed by atoms with Gasteiger partial charge in [0.2, 0.25) is 0 Å². The minimum atomic E-state index is -0.698. The normalized spacial score (nSPS) is 12.5. The molecule has 1 unspecified atom stereocenters. The van der Waals surface area contributed by atoms with Crippen LogP contribution < -0.4 is 4.74 Å². The van der Waals surface area contributed by atoms with Gasteiger partial charge in [-0.05, 0) is 31.0 Å². The summed E-state index contributed by atoms with van der Waals surface area (Å²) in [6.45, 7) is 2.46. The second-order valence-electron chi connectivity index (χ2n) is 6.67. The lowest BCUT2D eigenvalue weighted by Crippen LogP contribution is -2.08. The summed E-state index contributed by atoms with van der Waals surface area (Å²) in [5, 5.41) is 11.3. The van der Waals surface area contributed by atoms with Crippen molar-refractivity contribution in [2.75, 3.05) is 6.61 Å². The lowest BCUT2D eigenvalue weighted by atomic mass is 10.0.